The summed E-state index contributed by atoms with van der Waals surface area (Å²) in [5.41, 5.74) is 3.49. The Bertz CT molecular complexity index is 1890. The van der Waals surface area contributed by atoms with Crippen molar-refractivity contribution in [1.82, 2.24) is 20.2 Å². The monoisotopic (exact) mass is 772 g/mol. The van der Waals surface area contributed by atoms with Gasteiger partial charge in [0, 0.05) is 17.7 Å². The van der Waals surface area contributed by atoms with E-state index in [4.69, 9.17) is 14.6 Å². The molecule has 0 spiro atoms. The molecule has 2 atom stereocenters. The number of methoxy groups -OCH3 is 2. The third-order valence-electron chi connectivity index (χ3n) is 9.71. The minimum Gasteiger partial charge on any atom is -0.469 e. The number of rotatable bonds is 22. The smallest absolute Gasteiger partial charge is 0.306 e. The number of benzene rings is 4. The standard InChI is InChI=1S/C46H52N4O5S/c1-54-42(51)32-21-10-8-6-4-3-5-7-9-20-31-41(56-34-33-43(52)55-2)44(53)36-23-22-24-37(35-36)45-47-49-50(48-45)46(38-25-14-11-15-26-38,39-27-16-12-17-28-39)40-29-18-13-19-30-40/h7,9,11-20,22-31,35,41,44,53H,3-6,8,10,21,32-34H2,1-2H3/b9-7-,31-20+/t41-,44+/m1/s1. The zero-order valence-electron chi connectivity index (χ0n) is 32.3. The van der Waals surface area contributed by atoms with Crippen LogP contribution in [-0.2, 0) is 24.6 Å². The van der Waals surface area contributed by atoms with E-state index >= 15 is 0 Å². The van der Waals surface area contributed by atoms with Gasteiger partial charge in [0.2, 0.25) is 5.82 Å². The lowest BCUT2D eigenvalue weighted by Crippen LogP contribution is -2.39. The molecule has 4 aromatic carbocycles. The van der Waals surface area contributed by atoms with Gasteiger partial charge in [0.05, 0.1) is 32.0 Å². The number of nitrogens with zero attached hydrogens (tertiary/aromatic N) is 4. The van der Waals surface area contributed by atoms with Gasteiger partial charge in [-0.25, -0.2) is 0 Å². The first-order chi connectivity index (χ1) is 27.5. The molecule has 10 heteroatoms. The first kappa shape index (κ1) is 41.8. The molecule has 0 saturated carbocycles. The maximum absolute atomic E-state index is 11.9. The van der Waals surface area contributed by atoms with Crippen LogP contribution in [0.25, 0.3) is 11.4 Å². The number of aliphatic hydroxyl groups excluding tert-OH is 1. The van der Waals surface area contributed by atoms with Crippen molar-refractivity contribution in [3.05, 3.63) is 162 Å². The summed E-state index contributed by atoms with van der Waals surface area (Å²) >= 11 is 1.51. The summed E-state index contributed by atoms with van der Waals surface area (Å²) in [5, 5.41) is 25.8. The second-order valence-corrected chi connectivity index (χ2v) is 14.8. The van der Waals surface area contributed by atoms with E-state index < -0.39 is 11.6 Å². The zero-order valence-corrected chi connectivity index (χ0v) is 33.1. The Morgan fingerprint density at radius 3 is 1.91 bits per heavy atom. The number of carbonyl (C=O) groups excluding carboxylic acids is 2. The van der Waals surface area contributed by atoms with Crippen LogP contribution in [0.1, 0.15) is 86.1 Å². The van der Waals surface area contributed by atoms with Crippen molar-refractivity contribution < 1.29 is 24.2 Å². The van der Waals surface area contributed by atoms with Crippen LogP contribution in [-0.4, -0.2) is 62.5 Å². The summed E-state index contributed by atoms with van der Waals surface area (Å²) in [5.74, 6) is 0.506. The summed E-state index contributed by atoms with van der Waals surface area (Å²) in [6, 6.07) is 38.2. The topological polar surface area (TPSA) is 116 Å². The molecule has 0 amide bonds. The van der Waals surface area contributed by atoms with Crippen LogP contribution >= 0.6 is 11.8 Å². The molecule has 0 aliphatic carbocycles. The van der Waals surface area contributed by atoms with Crippen molar-refractivity contribution >= 4 is 23.7 Å². The van der Waals surface area contributed by atoms with Crippen LogP contribution in [0.5, 0.6) is 0 Å². The number of aromatic nitrogens is 4. The van der Waals surface area contributed by atoms with Gasteiger partial charge in [-0.3, -0.25) is 9.59 Å². The van der Waals surface area contributed by atoms with Crippen LogP contribution < -0.4 is 0 Å². The van der Waals surface area contributed by atoms with Crippen molar-refractivity contribution in [3.8, 4) is 11.4 Å². The molecule has 0 aliphatic rings. The van der Waals surface area contributed by atoms with E-state index in [2.05, 4.69) is 52.8 Å². The molecule has 0 radical (unpaired) electrons. The molecular weight excluding hydrogens is 721 g/mol. The average Bonchev–Trinajstić information content (AvgIpc) is 3.75. The van der Waals surface area contributed by atoms with Crippen molar-refractivity contribution in [2.24, 2.45) is 0 Å². The van der Waals surface area contributed by atoms with E-state index in [1.54, 1.807) is 4.80 Å². The lowest BCUT2D eigenvalue weighted by molar-refractivity contribution is -0.141. The number of ether oxygens (including phenoxy) is 2. The summed E-state index contributed by atoms with van der Waals surface area (Å²) < 4.78 is 9.55. The quantitative estimate of drug-likeness (QED) is 0.0318. The SMILES string of the molecule is COC(=O)CCCCCCCC/C=C\C=C\[C@@H](SCCC(=O)OC)[C@@H](O)c1cccc(-c2nnn(C(c3ccccc3)(c3ccccc3)c3ccccc3)n2)c1. The van der Waals surface area contributed by atoms with Crippen LogP contribution in [0.3, 0.4) is 0 Å². The van der Waals surface area contributed by atoms with E-state index in [-0.39, 0.29) is 23.6 Å². The lowest BCUT2D eigenvalue weighted by atomic mass is 9.77. The van der Waals surface area contributed by atoms with Gasteiger partial charge in [0.1, 0.15) is 0 Å². The second-order valence-electron chi connectivity index (χ2n) is 13.5. The summed E-state index contributed by atoms with van der Waals surface area (Å²) in [7, 11) is 2.81. The van der Waals surface area contributed by atoms with Gasteiger partial charge in [-0.2, -0.15) is 11.8 Å². The highest BCUT2D eigenvalue weighted by molar-refractivity contribution is 8.00. The first-order valence-electron chi connectivity index (χ1n) is 19.3. The minimum atomic E-state index is -0.904. The Labute approximate surface area is 334 Å². The predicted octanol–water partition coefficient (Wildman–Crippen LogP) is 9.28. The van der Waals surface area contributed by atoms with Crippen molar-refractivity contribution in [1.29, 1.82) is 0 Å². The Morgan fingerprint density at radius 2 is 1.30 bits per heavy atom. The first-order valence-corrected chi connectivity index (χ1v) is 20.4. The normalized spacial score (nSPS) is 12.8. The molecule has 56 heavy (non-hydrogen) atoms. The van der Waals surface area contributed by atoms with E-state index in [9.17, 15) is 14.7 Å². The number of allylic oxidation sites excluding steroid dienone is 3. The maximum Gasteiger partial charge on any atom is 0.306 e. The van der Waals surface area contributed by atoms with Crippen LogP contribution in [0.15, 0.2) is 140 Å². The molecule has 292 valence electrons. The van der Waals surface area contributed by atoms with E-state index in [0.29, 0.717) is 23.6 Å². The third kappa shape index (κ3) is 11.4. The molecular formula is C46H52N4O5S. The van der Waals surface area contributed by atoms with Gasteiger partial charge in [-0.1, -0.05) is 159 Å². The molecule has 5 rings (SSSR count). The number of thioether (sulfide) groups is 1. The fourth-order valence-electron chi connectivity index (χ4n) is 6.73. The maximum atomic E-state index is 11.9. The molecule has 1 heterocycles. The second kappa shape index (κ2) is 22.3. The largest absolute Gasteiger partial charge is 0.469 e. The lowest BCUT2D eigenvalue weighted by Gasteiger charge is -2.34. The summed E-state index contributed by atoms with van der Waals surface area (Å²) in [6.45, 7) is 0. The van der Waals surface area contributed by atoms with Crippen LogP contribution in [0.2, 0.25) is 0 Å². The van der Waals surface area contributed by atoms with Gasteiger partial charge < -0.3 is 14.6 Å². The third-order valence-corrected chi connectivity index (χ3v) is 10.9. The molecule has 0 unspecified atom stereocenters. The molecule has 0 saturated heterocycles. The van der Waals surface area contributed by atoms with Gasteiger partial charge in [-0.05, 0) is 52.8 Å². The van der Waals surface area contributed by atoms with E-state index in [1.807, 2.05) is 97.1 Å². The average molecular weight is 773 g/mol. The fraction of sp³-hybridized carbons (Fsp3) is 0.326. The van der Waals surface area contributed by atoms with Crippen LogP contribution in [0, 0.1) is 0 Å². The van der Waals surface area contributed by atoms with Crippen molar-refractivity contribution in [3.63, 3.8) is 0 Å². The Kier molecular flexibility index (Phi) is 16.6. The highest BCUT2D eigenvalue weighted by atomic mass is 32.2. The van der Waals surface area contributed by atoms with Gasteiger partial charge in [0.25, 0.3) is 0 Å². The number of carbonyl (C=O) groups is 2. The Balaban J connectivity index is 1.33. The minimum absolute atomic E-state index is 0.138. The van der Waals surface area contributed by atoms with Gasteiger partial charge in [0.15, 0.2) is 5.54 Å². The van der Waals surface area contributed by atoms with E-state index in [0.717, 1.165) is 67.2 Å². The van der Waals surface area contributed by atoms with Crippen LogP contribution in [0.4, 0.5) is 0 Å². The number of aliphatic hydroxyl groups is 1. The molecule has 0 aliphatic heterocycles. The molecule has 5 aromatic rings. The highest BCUT2D eigenvalue weighted by Crippen LogP contribution is 2.40. The Hall–Kier alpha value is -5.32. The summed E-state index contributed by atoms with van der Waals surface area (Å²) in [4.78, 5) is 24.9. The highest BCUT2D eigenvalue weighted by Gasteiger charge is 2.41. The zero-order chi connectivity index (χ0) is 39.4. The molecule has 9 nitrogen and oxygen atoms in total. The molecule has 1 aromatic heterocycles. The van der Waals surface area contributed by atoms with Gasteiger partial charge in [-0.15, -0.1) is 15.0 Å². The molecule has 0 bridgehead atoms. The molecule has 0 fully saturated rings. The van der Waals surface area contributed by atoms with Gasteiger partial charge >= 0.3 is 11.9 Å². The number of esters is 2. The van der Waals surface area contributed by atoms with Crippen molar-refractivity contribution in [2.75, 3.05) is 20.0 Å². The summed E-state index contributed by atoms with van der Waals surface area (Å²) in [6.07, 6.45) is 15.4. The number of hydrogen-bond donors (Lipinski definition) is 1. The predicted molar refractivity (Wildman–Crippen MR) is 223 cm³/mol. The Morgan fingerprint density at radius 1 is 0.732 bits per heavy atom. The number of hydrogen-bond acceptors (Lipinski definition) is 9. The van der Waals surface area contributed by atoms with E-state index in [1.165, 1.54) is 26.0 Å². The fourth-order valence-corrected chi connectivity index (χ4v) is 7.83. The molecule has 1 N–H and O–H groups in total. The van der Waals surface area contributed by atoms with Crippen molar-refractivity contribution in [2.45, 2.75) is 74.7 Å². The number of unbranched alkanes of at least 4 members (excludes halogenated alkanes) is 6. The number of tetrazole rings is 1.